The average Bonchev–Trinajstić information content (AvgIpc) is 2.28. The fourth-order valence-corrected chi connectivity index (χ4v) is 1.58. The largest absolute Gasteiger partial charge is 0.465 e. The first-order valence-electron chi connectivity index (χ1n) is 4.49. The molecule has 2 rings (SSSR count). The van der Waals surface area contributed by atoms with Crippen LogP contribution < -0.4 is 0 Å². The number of carbonyl (C=O) groups is 1. The fraction of sp³-hybridized carbons (Fsp3) is 0.200. The molecule has 0 unspecified atom stereocenters. The molecule has 2 heterocycles. The summed E-state index contributed by atoms with van der Waals surface area (Å²) in [5, 5.41) is 0.221. The maximum Gasteiger partial charge on any atom is 0.340 e. The van der Waals surface area contributed by atoms with Crippen LogP contribution in [0.1, 0.15) is 16.1 Å². The topological polar surface area (TPSA) is 65.0 Å². The first-order chi connectivity index (χ1) is 7.63. The Morgan fingerprint density at radius 1 is 1.38 bits per heavy atom. The monoisotopic (exact) mass is 237 g/mol. The molecule has 0 aliphatic rings. The number of fused-ring (bicyclic) bond motifs is 1. The molecule has 5 nitrogen and oxygen atoms in total. The summed E-state index contributed by atoms with van der Waals surface area (Å²) in [7, 11) is 1.31. The van der Waals surface area contributed by atoms with Crippen LogP contribution in [-0.2, 0) is 4.74 Å². The van der Waals surface area contributed by atoms with Crippen LogP contribution >= 0.6 is 11.6 Å². The highest BCUT2D eigenvalue weighted by atomic mass is 35.5. The van der Waals surface area contributed by atoms with Crippen molar-refractivity contribution in [1.82, 2.24) is 15.0 Å². The average molecular weight is 238 g/mol. The molecule has 0 fully saturated rings. The quantitative estimate of drug-likeness (QED) is 0.559. The highest BCUT2D eigenvalue weighted by Gasteiger charge is 2.15. The third kappa shape index (κ3) is 1.69. The summed E-state index contributed by atoms with van der Waals surface area (Å²) in [4.78, 5) is 23.5. The summed E-state index contributed by atoms with van der Waals surface area (Å²) in [6, 6.07) is 1.61. The minimum atomic E-state index is -0.467. The van der Waals surface area contributed by atoms with Gasteiger partial charge in [-0.05, 0) is 13.0 Å². The van der Waals surface area contributed by atoms with Crippen LogP contribution in [0.25, 0.3) is 11.0 Å². The van der Waals surface area contributed by atoms with Crippen molar-refractivity contribution < 1.29 is 9.53 Å². The van der Waals surface area contributed by atoms with Gasteiger partial charge in [-0.15, -0.1) is 0 Å². The predicted molar refractivity (Wildman–Crippen MR) is 58.4 cm³/mol. The van der Waals surface area contributed by atoms with Crippen LogP contribution in [-0.4, -0.2) is 28.0 Å². The molecule has 82 valence electrons. The molecule has 0 amide bonds. The summed E-state index contributed by atoms with van der Waals surface area (Å²) in [5.41, 5.74) is 1.81. The van der Waals surface area contributed by atoms with E-state index in [0.29, 0.717) is 22.3 Å². The van der Waals surface area contributed by atoms with E-state index in [2.05, 4.69) is 19.7 Å². The van der Waals surface area contributed by atoms with E-state index in [4.69, 9.17) is 11.6 Å². The zero-order valence-corrected chi connectivity index (χ0v) is 9.45. The van der Waals surface area contributed by atoms with Gasteiger partial charge in [0.25, 0.3) is 0 Å². The molecule has 0 saturated carbocycles. The number of methoxy groups -OCH3 is 1. The molecule has 0 aliphatic heterocycles. The normalized spacial score (nSPS) is 10.4. The van der Waals surface area contributed by atoms with Crippen molar-refractivity contribution in [2.45, 2.75) is 6.92 Å². The number of ether oxygens (including phenoxy) is 1. The molecule has 2 aromatic rings. The summed E-state index contributed by atoms with van der Waals surface area (Å²) in [6.45, 7) is 1.76. The highest BCUT2D eigenvalue weighted by molar-refractivity contribution is 6.33. The van der Waals surface area contributed by atoms with Gasteiger partial charge in [-0.2, -0.15) is 0 Å². The van der Waals surface area contributed by atoms with Gasteiger partial charge >= 0.3 is 5.97 Å². The van der Waals surface area contributed by atoms with Gasteiger partial charge in [0.15, 0.2) is 5.15 Å². The maximum atomic E-state index is 11.5. The molecule has 0 bridgehead atoms. The smallest absolute Gasteiger partial charge is 0.340 e. The number of pyridine rings is 1. The predicted octanol–water partition coefficient (Wildman–Crippen LogP) is 1.77. The van der Waals surface area contributed by atoms with Crippen LogP contribution in [0.3, 0.4) is 0 Å². The Morgan fingerprint density at radius 3 is 2.81 bits per heavy atom. The molecule has 0 N–H and O–H groups in total. The molecule has 2 aromatic heterocycles. The lowest BCUT2D eigenvalue weighted by atomic mass is 10.2. The molecule has 0 radical (unpaired) electrons. The second-order valence-electron chi connectivity index (χ2n) is 3.16. The van der Waals surface area contributed by atoms with Crippen LogP contribution in [0.4, 0.5) is 0 Å². The fourth-order valence-electron chi connectivity index (χ4n) is 1.40. The molecule has 0 aromatic carbocycles. The molecule has 16 heavy (non-hydrogen) atoms. The lowest BCUT2D eigenvalue weighted by molar-refractivity contribution is 0.0602. The van der Waals surface area contributed by atoms with E-state index >= 15 is 0 Å². The highest BCUT2D eigenvalue weighted by Crippen LogP contribution is 2.21. The van der Waals surface area contributed by atoms with Crippen molar-refractivity contribution in [1.29, 1.82) is 0 Å². The molecule has 6 heteroatoms. The van der Waals surface area contributed by atoms with E-state index in [1.165, 1.54) is 13.4 Å². The first kappa shape index (κ1) is 10.8. The second-order valence-corrected chi connectivity index (χ2v) is 3.52. The minimum Gasteiger partial charge on any atom is -0.465 e. The number of nitrogens with zero attached hydrogens (tertiary/aromatic N) is 3. The van der Waals surface area contributed by atoms with E-state index < -0.39 is 5.97 Å². The van der Waals surface area contributed by atoms with Gasteiger partial charge in [-0.3, -0.25) is 0 Å². The van der Waals surface area contributed by atoms with Crippen LogP contribution in [0.5, 0.6) is 0 Å². The van der Waals surface area contributed by atoms with Gasteiger partial charge < -0.3 is 4.74 Å². The van der Waals surface area contributed by atoms with Gasteiger partial charge in [-0.1, -0.05) is 11.6 Å². The third-order valence-electron chi connectivity index (χ3n) is 2.08. The lowest BCUT2D eigenvalue weighted by Gasteiger charge is -2.05. The molecular formula is C10H8ClN3O2. The Hall–Kier alpha value is -1.75. The number of esters is 1. The zero-order chi connectivity index (χ0) is 11.7. The second kappa shape index (κ2) is 4.02. The van der Waals surface area contributed by atoms with Gasteiger partial charge in [-0.25, -0.2) is 19.7 Å². The number of aryl methyl sites for hydroxylation is 1. The lowest BCUT2D eigenvalue weighted by Crippen LogP contribution is -2.05. The number of aromatic nitrogens is 3. The Morgan fingerprint density at radius 2 is 2.12 bits per heavy atom. The third-order valence-corrected chi connectivity index (χ3v) is 2.36. The van der Waals surface area contributed by atoms with Crippen molar-refractivity contribution in [3.05, 3.63) is 28.8 Å². The van der Waals surface area contributed by atoms with Crippen molar-refractivity contribution in [2.75, 3.05) is 7.11 Å². The van der Waals surface area contributed by atoms with E-state index in [9.17, 15) is 4.79 Å². The Kier molecular flexibility index (Phi) is 2.70. The van der Waals surface area contributed by atoms with Crippen molar-refractivity contribution in [3.8, 4) is 0 Å². The van der Waals surface area contributed by atoms with Gasteiger partial charge in [0.1, 0.15) is 17.4 Å². The molecule has 0 spiro atoms. The molecule has 0 saturated heterocycles. The number of hydrogen-bond acceptors (Lipinski definition) is 5. The van der Waals surface area contributed by atoms with Crippen molar-refractivity contribution >= 4 is 28.6 Å². The summed E-state index contributed by atoms with van der Waals surface area (Å²) in [5.74, 6) is -0.467. The van der Waals surface area contributed by atoms with Crippen molar-refractivity contribution in [2.24, 2.45) is 0 Å². The number of carbonyl (C=O) groups excluding carboxylic acids is 1. The van der Waals surface area contributed by atoms with Gasteiger partial charge in [0, 0.05) is 5.69 Å². The zero-order valence-electron chi connectivity index (χ0n) is 8.69. The standard InChI is InChI=1S/C10H8ClN3O2/c1-5-3-6(10(15)16-2)7-8(14-5)9(11)13-4-12-7/h3-4H,1-2H3. The number of halogens is 1. The Bertz CT molecular complexity index is 571. The summed E-state index contributed by atoms with van der Waals surface area (Å²) in [6.07, 6.45) is 1.29. The summed E-state index contributed by atoms with van der Waals surface area (Å²) < 4.78 is 4.67. The van der Waals surface area contributed by atoms with Crippen LogP contribution in [0.15, 0.2) is 12.4 Å². The SMILES string of the molecule is COC(=O)c1cc(C)nc2c(Cl)ncnc12. The number of hydrogen-bond donors (Lipinski definition) is 0. The Labute approximate surface area is 96.4 Å². The minimum absolute atomic E-state index is 0.221. The maximum absolute atomic E-state index is 11.5. The van der Waals surface area contributed by atoms with E-state index in [-0.39, 0.29) is 5.15 Å². The first-order valence-corrected chi connectivity index (χ1v) is 4.87. The van der Waals surface area contributed by atoms with Crippen LogP contribution in [0.2, 0.25) is 5.15 Å². The molecular weight excluding hydrogens is 230 g/mol. The summed E-state index contributed by atoms with van der Waals surface area (Å²) >= 11 is 5.88. The molecule has 0 atom stereocenters. The van der Waals surface area contributed by atoms with Crippen LogP contribution in [0, 0.1) is 6.92 Å². The Balaban J connectivity index is 2.83. The van der Waals surface area contributed by atoms with E-state index in [1.807, 2.05) is 0 Å². The van der Waals surface area contributed by atoms with Crippen molar-refractivity contribution in [3.63, 3.8) is 0 Å². The number of rotatable bonds is 1. The van der Waals surface area contributed by atoms with Gasteiger partial charge in [0.2, 0.25) is 0 Å². The van der Waals surface area contributed by atoms with E-state index in [1.54, 1.807) is 13.0 Å². The van der Waals surface area contributed by atoms with E-state index in [0.717, 1.165) is 0 Å². The van der Waals surface area contributed by atoms with Gasteiger partial charge in [0.05, 0.1) is 12.7 Å². The molecule has 0 aliphatic carbocycles.